The molecule has 4 nitrogen and oxygen atoms in total. The SMILES string of the molecule is O=C(CS(=O)(=O)C1CCOCC1)C1CCCCC1. The highest BCUT2D eigenvalue weighted by Crippen LogP contribution is 2.26. The lowest BCUT2D eigenvalue weighted by molar-refractivity contribution is -0.121. The first kappa shape index (κ1) is 14.0. The molecule has 0 aromatic heterocycles. The Hall–Kier alpha value is -0.420. The number of sulfone groups is 1. The van der Waals surface area contributed by atoms with Gasteiger partial charge in [0.25, 0.3) is 0 Å². The molecule has 0 bridgehead atoms. The van der Waals surface area contributed by atoms with Crippen LogP contribution in [0, 0.1) is 5.92 Å². The van der Waals surface area contributed by atoms with E-state index in [4.69, 9.17) is 4.74 Å². The van der Waals surface area contributed by atoms with E-state index in [0.717, 1.165) is 25.7 Å². The molecule has 2 fully saturated rings. The molecular weight excluding hydrogens is 252 g/mol. The van der Waals surface area contributed by atoms with E-state index in [1.54, 1.807) is 0 Å². The van der Waals surface area contributed by atoms with E-state index in [-0.39, 0.29) is 22.7 Å². The Morgan fingerprint density at radius 1 is 1.00 bits per heavy atom. The van der Waals surface area contributed by atoms with Crippen molar-refractivity contribution in [2.45, 2.75) is 50.2 Å². The van der Waals surface area contributed by atoms with Crippen molar-refractivity contribution < 1.29 is 17.9 Å². The zero-order valence-electron chi connectivity index (χ0n) is 10.8. The Labute approximate surface area is 109 Å². The first-order chi connectivity index (χ1) is 8.59. The number of hydrogen-bond acceptors (Lipinski definition) is 4. The molecule has 0 aromatic rings. The van der Waals surface area contributed by atoms with Gasteiger partial charge in [0, 0.05) is 19.1 Å². The molecule has 1 aliphatic carbocycles. The number of Topliss-reactive ketones (excluding diaryl/α,β-unsaturated/α-hetero) is 1. The van der Waals surface area contributed by atoms with Crippen LogP contribution in [0.25, 0.3) is 0 Å². The summed E-state index contributed by atoms with van der Waals surface area (Å²) in [5, 5.41) is -0.362. The van der Waals surface area contributed by atoms with Crippen LogP contribution in [0.1, 0.15) is 44.9 Å². The molecule has 0 spiro atoms. The largest absolute Gasteiger partial charge is 0.381 e. The number of ketones is 1. The monoisotopic (exact) mass is 274 g/mol. The van der Waals surface area contributed by atoms with Crippen molar-refractivity contribution in [3.8, 4) is 0 Å². The smallest absolute Gasteiger partial charge is 0.160 e. The van der Waals surface area contributed by atoms with Gasteiger partial charge in [0.2, 0.25) is 0 Å². The van der Waals surface area contributed by atoms with E-state index in [1.807, 2.05) is 0 Å². The van der Waals surface area contributed by atoms with E-state index in [1.165, 1.54) is 6.42 Å². The van der Waals surface area contributed by atoms with Crippen LogP contribution in [0.5, 0.6) is 0 Å². The third-order valence-corrected chi connectivity index (χ3v) is 6.25. The molecule has 1 saturated carbocycles. The number of ether oxygens (including phenoxy) is 1. The number of hydrogen-bond donors (Lipinski definition) is 0. The number of carbonyl (C=O) groups is 1. The summed E-state index contributed by atoms with van der Waals surface area (Å²) in [5.41, 5.74) is 0. The lowest BCUT2D eigenvalue weighted by Gasteiger charge is -2.24. The molecule has 1 saturated heterocycles. The molecule has 0 atom stereocenters. The zero-order chi connectivity index (χ0) is 13.0. The normalized spacial score (nSPS) is 24.0. The molecule has 0 unspecified atom stereocenters. The molecule has 104 valence electrons. The molecule has 5 heteroatoms. The molecular formula is C13H22O4S. The van der Waals surface area contributed by atoms with Crippen LogP contribution < -0.4 is 0 Å². The predicted molar refractivity (Wildman–Crippen MR) is 69.2 cm³/mol. The lowest BCUT2D eigenvalue weighted by atomic mass is 9.87. The topological polar surface area (TPSA) is 60.4 Å². The van der Waals surface area contributed by atoms with Crippen molar-refractivity contribution in [3.63, 3.8) is 0 Å². The first-order valence-electron chi connectivity index (χ1n) is 6.91. The molecule has 2 rings (SSSR count). The lowest BCUT2D eigenvalue weighted by Crippen LogP contribution is -2.35. The second-order valence-electron chi connectivity index (χ2n) is 5.42. The summed E-state index contributed by atoms with van der Waals surface area (Å²) in [7, 11) is -3.26. The molecule has 0 amide bonds. The van der Waals surface area contributed by atoms with Crippen LogP contribution in [0.15, 0.2) is 0 Å². The number of carbonyl (C=O) groups excluding carboxylic acids is 1. The molecule has 2 aliphatic rings. The van der Waals surface area contributed by atoms with Crippen LogP contribution in [0.4, 0.5) is 0 Å². The Morgan fingerprint density at radius 3 is 2.22 bits per heavy atom. The van der Waals surface area contributed by atoms with E-state index >= 15 is 0 Å². The maximum Gasteiger partial charge on any atom is 0.160 e. The van der Waals surface area contributed by atoms with E-state index in [9.17, 15) is 13.2 Å². The molecule has 18 heavy (non-hydrogen) atoms. The van der Waals surface area contributed by atoms with Gasteiger partial charge < -0.3 is 4.74 Å². The highest BCUT2D eigenvalue weighted by Gasteiger charge is 2.32. The van der Waals surface area contributed by atoms with Gasteiger partial charge in [-0.05, 0) is 25.7 Å². The summed E-state index contributed by atoms with van der Waals surface area (Å²) >= 11 is 0. The van der Waals surface area contributed by atoms with Crippen LogP contribution >= 0.6 is 0 Å². The Kier molecular flexibility index (Phi) is 4.78. The second kappa shape index (κ2) is 6.15. The maximum absolute atomic E-state index is 12.2. The summed E-state index contributed by atoms with van der Waals surface area (Å²) in [4.78, 5) is 12.0. The molecule has 0 N–H and O–H groups in total. The minimum absolute atomic E-state index is 0.00614. The molecule has 0 radical (unpaired) electrons. The highest BCUT2D eigenvalue weighted by molar-refractivity contribution is 7.92. The predicted octanol–water partition coefficient (Wildman–Crippen LogP) is 1.73. The van der Waals surface area contributed by atoms with Crippen LogP contribution in [0.2, 0.25) is 0 Å². The fraction of sp³-hybridized carbons (Fsp3) is 0.923. The Balaban J connectivity index is 1.92. The van der Waals surface area contributed by atoms with Gasteiger partial charge in [-0.3, -0.25) is 4.79 Å². The average Bonchev–Trinajstić information content (AvgIpc) is 2.40. The second-order valence-corrected chi connectivity index (χ2v) is 7.70. The van der Waals surface area contributed by atoms with Crippen molar-refractivity contribution >= 4 is 15.6 Å². The van der Waals surface area contributed by atoms with Gasteiger partial charge in [-0.2, -0.15) is 0 Å². The van der Waals surface area contributed by atoms with Gasteiger partial charge in [-0.1, -0.05) is 19.3 Å². The molecule has 0 aromatic carbocycles. The standard InChI is InChI=1S/C13H22O4S/c14-13(11-4-2-1-3-5-11)10-18(15,16)12-6-8-17-9-7-12/h11-12H,1-10H2. The first-order valence-corrected chi connectivity index (χ1v) is 8.63. The molecule has 1 heterocycles. The third kappa shape index (κ3) is 3.54. The Morgan fingerprint density at radius 2 is 1.61 bits per heavy atom. The van der Waals surface area contributed by atoms with Gasteiger partial charge in [-0.25, -0.2) is 8.42 Å². The summed E-state index contributed by atoms with van der Waals surface area (Å²) in [6, 6.07) is 0. The van der Waals surface area contributed by atoms with Crippen LogP contribution in [0.3, 0.4) is 0 Å². The van der Waals surface area contributed by atoms with Crippen molar-refractivity contribution in [2.24, 2.45) is 5.92 Å². The minimum Gasteiger partial charge on any atom is -0.381 e. The summed E-state index contributed by atoms with van der Waals surface area (Å²) in [6.45, 7) is 1.00. The van der Waals surface area contributed by atoms with Crippen molar-refractivity contribution in [1.82, 2.24) is 0 Å². The van der Waals surface area contributed by atoms with Crippen molar-refractivity contribution in [2.75, 3.05) is 19.0 Å². The summed E-state index contributed by atoms with van der Waals surface area (Å²) in [6.07, 6.45) is 6.14. The van der Waals surface area contributed by atoms with Gasteiger partial charge in [0.15, 0.2) is 15.6 Å². The van der Waals surface area contributed by atoms with E-state index in [0.29, 0.717) is 26.1 Å². The fourth-order valence-corrected chi connectivity index (χ4v) is 4.67. The highest BCUT2D eigenvalue weighted by atomic mass is 32.2. The van der Waals surface area contributed by atoms with E-state index < -0.39 is 9.84 Å². The zero-order valence-corrected chi connectivity index (χ0v) is 11.6. The fourth-order valence-electron chi connectivity index (χ4n) is 2.89. The summed E-state index contributed by atoms with van der Waals surface area (Å²) in [5.74, 6) is -0.308. The molecule has 1 aliphatic heterocycles. The van der Waals surface area contributed by atoms with Gasteiger partial charge in [0.1, 0.15) is 5.75 Å². The van der Waals surface area contributed by atoms with Gasteiger partial charge >= 0.3 is 0 Å². The minimum atomic E-state index is -3.26. The average molecular weight is 274 g/mol. The van der Waals surface area contributed by atoms with Crippen LogP contribution in [-0.2, 0) is 19.4 Å². The summed E-state index contributed by atoms with van der Waals surface area (Å²) < 4.78 is 29.5. The van der Waals surface area contributed by atoms with Gasteiger partial charge in [-0.15, -0.1) is 0 Å². The van der Waals surface area contributed by atoms with Crippen molar-refractivity contribution in [1.29, 1.82) is 0 Å². The van der Waals surface area contributed by atoms with E-state index in [2.05, 4.69) is 0 Å². The third-order valence-electron chi connectivity index (χ3n) is 4.08. The van der Waals surface area contributed by atoms with Crippen LogP contribution in [-0.4, -0.2) is 38.4 Å². The quantitative estimate of drug-likeness (QED) is 0.783. The Bertz CT molecular complexity index is 376. The maximum atomic E-state index is 12.2. The van der Waals surface area contributed by atoms with Crippen molar-refractivity contribution in [3.05, 3.63) is 0 Å². The number of rotatable bonds is 4. The van der Waals surface area contributed by atoms with Gasteiger partial charge in [0.05, 0.1) is 5.25 Å².